The number of carbonyl (C=O) groups is 2. The Hall–Kier alpha value is -3.22. The zero-order valence-corrected chi connectivity index (χ0v) is 20.3. The highest BCUT2D eigenvalue weighted by molar-refractivity contribution is 5.87. The Morgan fingerprint density at radius 2 is 1.70 bits per heavy atom. The summed E-state index contributed by atoms with van der Waals surface area (Å²) in [6.45, 7) is 4.85. The van der Waals surface area contributed by atoms with E-state index in [-0.39, 0.29) is 18.2 Å². The summed E-state index contributed by atoms with van der Waals surface area (Å²) in [5.41, 5.74) is 1.88. The van der Waals surface area contributed by atoms with Gasteiger partial charge in [-0.15, -0.1) is 0 Å². The molecule has 0 spiro atoms. The summed E-state index contributed by atoms with van der Waals surface area (Å²) in [5, 5.41) is 2.94. The Bertz CT molecular complexity index is 915. The highest BCUT2D eigenvalue weighted by Gasteiger charge is 2.28. The second-order valence-corrected chi connectivity index (χ2v) is 7.78. The van der Waals surface area contributed by atoms with Crippen LogP contribution in [-0.4, -0.2) is 50.6 Å². The molecule has 0 radical (unpaired) electrons. The summed E-state index contributed by atoms with van der Waals surface area (Å²) in [6.07, 6.45) is 2.17. The van der Waals surface area contributed by atoms with Crippen molar-refractivity contribution in [2.45, 2.75) is 52.1 Å². The van der Waals surface area contributed by atoms with E-state index in [0.717, 1.165) is 17.5 Å². The first kappa shape index (κ1) is 26.0. The molecule has 0 fully saturated rings. The number of carbonyl (C=O) groups excluding carboxylic acids is 2. The molecular weight excluding hydrogens is 420 g/mol. The van der Waals surface area contributed by atoms with E-state index in [1.165, 1.54) is 0 Å². The van der Waals surface area contributed by atoms with E-state index in [2.05, 4.69) is 5.32 Å². The third-order valence-corrected chi connectivity index (χ3v) is 5.50. The lowest BCUT2D eigenvalue weighted by Gasteiger charge is -2.31. The van der Waals surface area contributed by atoms with Crippen molar-refractivity contribution in [1.82, 2.24) is 10.2 Å². The van der Waals surface area contributed by atoms with E-state index in [4.69, 9.17) is 14.2 Å². The maximum Gasteiger partial charge on any atom is 0.242 e. The minimum absolute atomic E-state index is 0.0777. The molecule has 0 saturated carbocycles. The molecule has 0 unspecified atom stereocenters. The number of hydrogen-bond acceptors (Lipinski definition) is 5. The molecule has 0 saturated heterocycles. The molecule has 2 amide bonds. The number of nitrogens with zero attached hydrogens (tertiary/aromatic N) is 1. The third-order valence-electron chi connectivity index (χ3n) is 5.50. The Morgan fingerprint density at radius 3 is 2.33 bits per heavy atom. The lowest BCUT2D eigenvalue weighted by molar-refractivity contribution is -0.141. The van der Waals surface area contributed by atoms with E-state index in [0.29, 0.717) is 43.2 Å². The third kappa shape index (κ3) is 7.41. The predicted molar refractivity (Wildman–Crippen MR) is 129 cm³/mol. The van der Waals surface area contributed by atoms with Crippen LogP contribution in [0.4, 0.5) is 0 Å². The van der Waals surface area contributed by atoms with Crippen LogP contribution in [0.5, 0.6) is 17.2 Å². The molecule has 2 aromatic rings. The van der Waals surface area contributed by atoms with Crippen molar-refractivity contribution in [1.29, 1.82) is 0 Å². The minimum Gasteiger partial charge on any atom is -0.497 e. The van der Waals surface area contributed by atoms with Crippen molar-refractivity contribution in [3.63, 3.8) is 0 Å². The topological polar surface area (TPSA) is 77.1 Å². The van der Waals surface area contributed by atoms with Gasteiger partial charge in [-0.2, -0.15) is 0 Å². The molecule has 1 N–H and O–H groups in total. The van der Waals surface area contributed by atoms with E-state index < -0.39 is 6.04 Å². The molecule has 0 bridgehead atoms. The fourth-order valence-corrected chi connectivity index (χ4v) is 3.68. The maximum absolute atomic E-state index is 13.4. The van der Waals surface area contributed by atoms with Crippen LogP contribution in [-0.2, 0) is 22.6 Å². The van der Waals surface area contributed by atoms with Gasteiger partial charge in [0, 0.05) is 19.5 Å². The minimum atomic E-state index is -0.541. The van der Waals surface area contributed by atoms with Gasteiger partial charge in [-0.05, 0) is 54.7 Å². The van der Waals surface area contributed by atoms with Crippen molar-refractivity contribution in [2.75, 3.05) is 27.9 Å². The lowest BCUT2D eigenvalue weighted by Crippen LogP contribution is -2.49. The molecule has 1 atom stereocenters. The number of aryl methyl sites for hydroxylation is 1. The molecule has 0 aliphatic carbocycles. The highest BCUT2D eigenvalue weighted by atomic mass is 16.5. The van der Waals surface area contributed by atoms with Gasteiger partial charge in [0.05, 0.1) is 21.3 Å². The molecule has 0 heterocycles. The molecule has 7 nitrogen and oxygen atoms in total. The van der Waals surface area contributed by atoms with Crippen molar-refractivity contribution >= 4 is 11.8 Å². The van der Waals surface area contributed by atoms with E-state index in [1.54, 1.807) is 26.2 Å². The molecule has 7 heteroatoms. The van der Waals surface area contributed by atoms with Gasteiger partial charge in [-0.1, -0.05) is 32.0 Å². The van der Waals surface area contributed by atoms with Crippen LogP contribution in [0.15, 0.2) is 42.5 Å². The normalized spacial score (nSPS) is 11.4. The zero-order valence-electron chi connectivity index (χ0n) is 20.3. The average molecular weight is 457 g/mol. The fraction of sp³-hybridized carbons (Fsp3) is 0.462. The van der Waals surface area contributed by atoms with Gasteiger partial charge in [0.25, 0.3) is 0 Å². The van der Waals surface area contributed by atoms with Crippen molar-refractivity contribution < 1.29 is 23.8 Å². The predicted octanol–water partition coefficient (Wildman–Crippen LogP) is 3.98. The van der Waals surface area contributed by atoms with Gasteiger partial charge < -0.3 is 24.4 Å². The number of ether oxygens (including phenoxy) is 3. The number of hydrogen-bond donors (Lipinski definition) is 1. The second-order valence-electron chi connectivity index (χ2n) is 7.78. The van der Waals surface area contributed by atoms with Gasteiger partial charge in [0.15, 0.2) is 11.5 Å². The molecule has 2 aromatic carbocycles. The number of methoxy groups -OCH3 is 3. The molecule has 0 aliphatic rings. The summed E-state index contributed by atoms with van der Waals surface area (Å²) < 4.78 is 16.0. The van der Waals surface area contributed by atoms with E-state index in [1.807, 2.05) is 56.3 Å². The first-order valence-corrected chi connectivity index (χ1v) is 11.4. The van der Waals surface area contributed by atoms with Gasteiger partial charge in [-0.3, -0.25) is 9.59 Å². The number of rotatable bonds is 13. The lowest BCUT2D eigenvalue weighted by atomic mass is 10.1. The van der Waals surface area contributed by atoms with Crippen LogP contribution in [0.1, 0.15) is 44.2 Å². The summed E-state index contributed by atoms with van der Waals surface area (Å²) >= 11 is 0. The van der Waals surface area contributed by atoms with E-state index in [9.17, 15) is 9.59 Å². The maximum atomic E-state index is 13.4. The molecule has 33 heavy (non-hydrogen) atoms. The van der Waals surface area contributed by atoms with Crippen LogP contribution in [0.25, 0.3) is 0 Å². The van der Waals surface area contributed by atoms with Crippen LogP contribution >= 0.6 is 0 Å². The Kier molecular flexibility index (Phi) is 10.5. The monoisotopic (exact) mass is 456 g/mol. The Morgan fingerprint density at radius 1 is 0.939 bits per heavy atom. The van der Waals surface area contributed by atoms with Gasteiger partial charge in [0.1, 0.15) is 11.8 Å². The molecule has 0 aromatic heterocycles. The number of amides is 2. The van der Waals surface area contributed by atoms with Gasteiger partial charge >= 0.3 is 0 Å². The summed E-state index contributed by atoms with van der Waals surface area (Å²) in [7, 11) is 4.79. The SMILES string of the molecule is CCCNC(=O)[C@H](CC)N(Cc1cccc(OC)c1)C(=O)CCc1ccc(OC)c(OC)c1. The van der Waals surface area contributed by atoms with Crippen LogP contribution < -0.4 is 19.5 Å². The largest absolute Gasteiger partial charge is 0.497 e. The standard InChI is InChI=1S/C26H36N2O5/c1-6-15-27-26(30)22(7-2)28(18-20-9-8-10-21(16-20)31-3)25(29)14-12-19-11-13-23(32-4)24(17-19)33-5/h8-11,13,16-17,22H,6-7,12,14-15,18H2,1-5H3,(H,27,30)/t22-/m0/s1. The van der Waals surface area contributed by atoms with Crippen LogP contribution in [0.3, 0.4) is 0 Å². The van der Waals surface area contributed by atoms with Crippen molar-refractivity contribution in [2.24, 2.45) is 0 Å². The van der Waals surface area contributed by atoms with Crippen molar-refractivity contribution in [3.05, 3.63) is 53.6 Å². The quantitative estimate of drug-likeness (QED) is 0.493. The van der Waals surface area contributed by atoms with Crippen LogP contribution in [0, 0.1) is 0 Å². The Balaban J connectivity index is 2.23. The van der Waals surface area contributed by atoms with Gasteiger partial charge in [0.2, 0.25) is 11.8 Å². The second kappa shape index (κ2) is 13.4. The average Bonchev–Trinajstić information content (AvgIpc) is 2.85. The fourth-order valence-electron chi connectivity index (χ4n) is 3.68. The first-order valence-electron chi connectivity index (χ1n) is 11.4. The summed E-state index contributed by atoms with van der Waals surface area (Å²) in [4.78, 5) is 27.9. The molecule has 2 rings (SSSR count). The summed E-state index contributed by atoms with van der Waals surface area (Å²) in [5.74, 6) is 1.79. The van der Waals surface area contributed by atoms with Crippen LogP contribution in [0.2, 0.25) is 0 Å². The first-order chi connectivity index (χ1) is 16.0. The van der Waals surface area contributed by atoms with Crippen molar-refractivity contribution in [3.8, 4) is 17.2 Å². The smallest absolute Gasteiger partial charge is 0.242 e. The summed E-state index contributed by atoms with van der Waals surface area (Å²) in [6, 6.07) is 12.7. The number of nitrogens with one attached hydrogen (secondary N) is 1. The molecular formula is C26H36N2O5. The molecule has 0 aliphatic heterocycles. The number of benzene rings is 2. The zero-order chi connectivity index (χ0) is 24.2. The van der Waals surface area contributed by atoms with Gasteiger partial charge in [-0.25, -0.2) is 0 Å². The molecule has 180 valence electrons. The van der Waals surface area contributed by atoms with E-state index >= 15 is 0 Å². The Labute approximate surface area is 197 Å². The highest BCUT2D eigenvalue weighted by Crippen LogP contribution is 2.28.